The zero-order valence-electron chi connectivity index (χ0n) is 10.9. The van der Waals surface area contributed by atoms with Crippen LogP contribution in [0.2, 0.25) is 0 Å². The summed E-state index contributed by atoms with van der Waals surface area (Å²) in [6.45, 7) is 3.18. The minimum Gasteiger partial charge on any atom is -0.324 e. The summed E-state index contributed by atoms with van der Waals surface area (Å²) in [5.74, 6) is -0.00826. The van der Waals surface area contributed by atoms with Gasteiger partial charge in [0.05, 0.1) is 18.5 Å². The van der Waals surface area contributed by atoms with Gasteiger partial charge in [0, 0.05) is 32.3 Å². The van der Waals surface area contributed by atoms with E-state index in [1.54, 1.807) is 17.8 Å². The predicted octanol–water partition coefficient (Wildman–Crippen LogP) is 1.54. The summed E-state index contributed by atoms with van der Waals surface area (Å²) >= 11 is 0. The van der Waals surface area contributed by atoms with Crippen LogP contribution in [0, 0.1) is 0 Å². The van der Waals surface area contributed by atoms with Gasteiger partial charge in [0.25, 0.3) is 0 Å². The average Bonchev–Trinajstić information content (AvgIpc) is 2.84. The van der Waals surface area contributed by atoms with Gasteiger partial charge in [0.1, 0.15) is 0 Å². The molecule has 2 rings (SSSR count). The SMILES string of the molecule is CCOP(=O)(O)C1CNCC1c1cnn(C)c1.Cl.Cl. The van der Waals surface area contributed by atoms with Gasteiger partial charge in [0.2, 0.25) is 0 Å². The van der Waals surface area contributed by atoms with E-state index in [9.17, 15) is 9.46 Å². The molecule has 0 saturated carbocycles. The fourth-order valence-corrected chi connectivity index (χ4v) is 3.91. The van der Waals surface area contributed by atoms with Crippen LogP contribution < -0.4 is 5.32 Å². The molecular weight excluding hydrogens is 312 g/mol. The van der Waals surface area contributed by atoms with Crippen molar-refractivity contribution in [3.63, 3.8) is 0 Å². The van der Waals surface area contributed by atoms with Gasteiger partial charge in [-0.15, -0.1) is 24.8 Å². The summed E-state index contributed by atoms with van der Waals surface area (Å²) in [5.41, 5.74) is 0.600. The summed E-state index contributed by atoms with van der Waals surface area (Å²) in [6, 6.07) is 0. The number of halogens is 2. The fraction of sp³-hybridized carbons (Fsp3) is 0.700. The lowest BCUT2D eigenvalue weighted by atomic mass is 10.0. The van der Waals surface area contributed by atoms with Gasteiger partial charge in [-0.2, -0.15) is 5.10 Å². The number of aromatic nitrogens is 2. The van der Waals surface area contributed by atoms with Crippen LogP contribution in [-0.4, -0.2) is 40.0 Å². The summed E-state index contributed by atoms with van der Waals surface area (Å²) in [7, 11) is -1.72. The average molecular weight is 332 g/mol. The molecule has 0 amide bonds. The molecule has 3 atom stereocenters. The van der Waals surface area contributed by atoms with Gasteiger partial charge in [0.15, 0.2) is 0 Å². The maximum Gasteiger partial charge on any atom is 0.333 e. The monoisotopic (exact) mass is 331 g/mol. The van der Waals surface area contributed by atoms with E-state index in [2.05, 4.69) is 10.4 Å². The van der Waals surface area contributed by atoms with Crippen molar-refractivity contribution in [2.75, 3.05) is 19.7 Å². The highest BCUT2D eigenvalue weighted by Gasteiger charge is 2.42. The van der Waals surface area contributed by atoms with Gasteiger partial charge in [-0.05, 0) is 12.5 Å². The highest BCUT2D eigenvalue weighted by molar-refractivity contribution is 7.53. The van der Waals surface area contributed by atoms with Crippen molar-refractivity contribution in [1.29, 1.82) is 0 Å². The predicted molar refractivity (Wildman–Crippen MR) is 78.6 cm³/mol. The molecule has 112 valence electrons. The first-order valence-corrected chi connectivity index (χ1v) is 7.35. The molecule has 2 N–H and O–H groups in total. The van der Waals surface area contributed by atoms with E-state index >= 15 is 0 Å². The van der Waals surface area contributed by atoms with Crippen molar-refractivity contribution >= 4 is 32.4 Å². The molecule has 9 heteroatoms. The van der Waals surface area contributed by atoms with E-state index in [-0.39, 0.29) is 43.0 Å². The molecule has 19 heavy (non-hydrogen) atoms. The van der Waals surface area contributed by atoms with Crippen LogP contribution in [0.1, 0.15) is 18.4 Å². The Kier molecular flexibility index (Phi) is 7.58. The van der Waals surface area contributed by atoms with E-state index in [4.69, 9.17) is 4.52 Å². The molecule has 6 nitrogen and oxygen atoms in total. The molecule has 1 saturated heterocycles. The van der Waals surface area contributed by atoms with Crippen molar-refractivity contribution in [3.05, 3.63) is 18.0 Å². The third kappa shape index (κ3) is 4.18. The van der Waals surface area contributed by atoms with Gasteiger partial charge >= 0.3 is 7.60 Å². The normalized spacial score (nSPS) is 25.2. The van der Waals surface area contributed by atoms with Crippen molar-refractivity contribution in [1.82, 2.24) is 15.1 Å². The summed E-state index contributed by atoms with van der Waals surface area (Å²) < 4.78 is 18.8. The largest absolute Gasteiger partial charge is 0.333 e. The van der Waals surface area contributed by atoms with E-state index in [1.807, 2.05) is 13.2 Å². The maximum absolute atomic E-state index is 12.1. The van der Waals surface area contributed by atoms with Gasteiger partial charge in [-0.1, -0.05) is 0 Å². The van der Waals surface area contributed by atoms with Gasteiger partial charge in [-0.25, -0.2) is 0 Å². The molecular formula is C10H20Cl2N3O3P. The third-order valence-electron chi connectivity index (χ3n) is 3.07. The second-order valence-corrected chi connectivity index (χ2v) is 6.31. The molecule has 0 aliphatic carbocycles. The third-order valence-corrected chi connectivity index (χ3v) is 5.08. The maximum atomic E-state index is 12.1. The molecule has 1 aromatic heterocycles. The van der Waals surface area contributed by atoms with Crippen LogP contribution in [0.25, 0.3) is 0 Å². The van der Waals surface area contributed by atoms with E-state index in [0.717, 1.165) is 5.56 Å². The van der Waals surface area contributed by atoms with Crippen LogP contribution in [0.5, 0.6) is 0 Å². The number of aryl methyl sites for hydroxylation is 1. The zero-order chi connectivity index (χ0) is 12.5. The summed E-state index contributed by atoms with van der Waals surface area (Å²) in [4.78, 5) is 9.92. The Hall–Kier alpha value is -0.100. The molecule has 0 radical (unpaired) electrons. The van der Waals surface area contributed by atoms with Crippen LogP contribution in [0.4, 0.5) is 0 Å². The van der Waals surface area contributed by atoms with Gasteiger partial charge in [-0.3, -0.25) is 9.25 Å². The molecule has 1 aliphatic rings. The minimum absolute atomic E-state index is 0. The Bertz CT molecular complexity index is 443. The minimum atomic E-state index is -3.55. The first-order chi connectivity index (χ1) is 8.04. The molecule has 0 bridgehead atoms. The first kappa shape index (κ1) is 18.9. The highest BCUT2D eigenvalue weighted by Crippen LogP contribution is 2.53. The Labute approximate surface area is 125 Å². The highest BCUT2D eigenvalue weighted by atomic mass is 35.5. The molecule has 3 unspecified atom stereocenters. The first-order valence-electron chi connectivity index (χ1n) is 5.71. The summed E-state index contributed by atoms with van der Waals surface area (Å²) in [5, 5.41) is 7.25. The lowest BCUT2D eigenvalue weighted by Crippen LogP contribution is -2.19. The summed E-state index contributed by atoms with van der Waals surface area (Å²) in [6.07, 6.45) is 3.63. The van der Waals surface area contributed by atoms with Crippen molar-refractivity contribution in [3.8, 4) is 0 Å². The quantitative estimate of drug-likeness (QED) is 0.818. The Morgan fingerprint density at radius 1 is 1.58 bits per heavy atom. The standard InChI is InChI=1S/C10H18N3O3P.2ClH/c1-3-16-17(14,15)10-6-11-5-9(10)8-4-12-13(2)7-8;;/h4,7,9-11H,3,5-6H2,1-2H3,(H,14,15);2*1H. The molecule has 0 spiro atoms. The Morgan fingerprint density at radius 3 is 2.79 bits per heavy atom. The lowest BCUT2D eigenvalue weighted by Gasteiger charge is -2.22. The van der Waals surface area contributed by atoms with Crippen LogP contribution in [0.3, 0.4) is 0 Å². The van der Waals surface area contributed by atoms with Crippen molar-refractivity contribution < 1.29 is 14.0 Å². The number of hydrogen-bond donors (Lipinski definition) is 2. The topological polar surface area (TPSA) is 76.4 Å². The van der Waals surface area contributed by atoms with Crippen molar-refractivity contribution in [2.24, 2.45) is 7.05 Å². The molecule has 2 heterocycles. The zero-order valence-corrected chi connectivity index (χ0v) is 13.4. The molecule has 1 aromatic rings. The number of hydrogen-bond acceptors (Lipinski definition) is 4. The fourth-order valence-electron chi connectivity index (χ4n) is 2.26. The number of nitrogens with one attached hydrogen (secondary N) is 1. The van der Waals surface area contributed by atoms with Crippen LogP contribution in [0.15, 0.2) is 12.4 Å². The Balaban J connectivity index is 0.00000162. The lowest BCUT2D eigenvalue weighted by molar-refractivity contribution is 0.263. The molecule has 1 fully saturated rings. The van der Waals surface area contributed by atoms with Gasteiger partial charge < -0.3 is 14.7 Å². The number of nitrogens with zero attached hydrogens (tertiary/aromatic N) is 2. The van der Waals surface area contributed by atoms with Crippen LogP contribution >= 0.6 is 32.4 Å². The smallest absolute Gasteiger partial charge is 0.324 e. The molecule has 1 aliphatic heterocycles. The van der Waals surface area contributed by atoms with Crippen molar-refractivity contribution in [2.45, 2.75) is 18.5 Å². The van der Waals surface area contributed by atoms with Crippen LogP contribution in [-0.2, 0) is 16.1 Å². The molecule has 0 aromatic carbocycles. The second kappa shape index (κ2) is 7.62. The Morgan fingerprint density at radius 2 is 2.26 bits per heavy atom. The number of rotatable bonds is 4. The second-order valence-electron chi connectivity index (χ2n) is 4.26. The van der Waals surface area contributed by atoms with E-state index in [0.29, 0.717) is 13.1 Å². The van der Waals surface area contributed by atoms with E-state index < -0.39 is 7.60 Å². The van der Waals surface area contributed by atoms with E-state index in [1.165, 1.54) is 0 Å².